The van der Waals surface area contributed by atoms with Crippen molar-refractivity contribution in [2.24, 2.45) is 0 Å². The standard InChI is InChI=1S/C9H16O6S2/c1-11-9-13-3-7(15-9)5-17-16-4-6-2-12-8(10)14-6/h6-10H,2-5H2,1H3. The predicted octanol–water partition coefficient (Wildman–Crippen LogP) is 0.404. The number of hydrogen-bond donors (Lipinski definition) is 1. The summed E-state index contributed by atoms with van der Waals surface area (Å²) < 4.78 is 25.5. The van der Waals surface area contributed by atoms with Gasteiger partial charge in [-0.05, 0) is 0 Å². The van der Waals surface area contributed by atoms with Crippen LogP contribution in [0.5, 0.6) is 0 Å². The van der Waals surface area contributed by atoms with E-state index >= 15 is 0 Å². The Balaban J connectivity index is 1.49. The zero-order valence-electron chi connectivity index (χ0n) is 9.44. The largest absolute Gasteiger partial charge is 0.346 e. The van der Waals surface area contributed by atoms with Gasteiger partial charge in [-0.15, -0.1) is 0 Å². The minimum Gasteiger partial charge on any atom is -0.346 e. The van der Waals surface area contributed by atoms with Gasteiger partial charge in [-0.25, -0.2) is 0 Å². The molecule has 2 saturated heterocycles. The third kappa shape index (κ3) is 4.56. The lowest BCUT2D eigenvalue weighted by atomic mass is 10.4. The molecule has 17 heavy (non-hydrogen) atoms. The minimum atomic E-state index is -1.06. The molecule has 100 valence electrons. The predicted molar refractivity (Wildman–Crippen MR) is 63.4 cm³/mol. The molecule has 4 atom stereocenters. The highest BCUT2D eigenvalue weighted by molar-refractivity contribution is 8.76. The first-order valence-corrected chi connectivity index (χ1v) is 7.76. The minimum absolute atomic E-state index is 0.0324. The molecule has 0 saturated carbocycles. The Kier molecular flexibility index (Phi) is 5.84. The summed E-state index contributed by atoms with van der Waals surface area (Å²) in [7, 11) is 4.92. The van der Waals surface area contributed by atoms with Crippen molar-refractivity contribution >= 4 is 21.6 Å². The molecule has 6 nitrogen and oxygen atoms in total. The molecule has 4 unspecified atom stereocenters. The Morgan fingerprint density at radius 3 is 2.29 bits per heavy atom. The van der Waals surface area contributed by atoms with Crippen LogP contribution in [0.3, 0.4) is 0 Å². The van der Waals surface area contributed by atoms with Crippen LogP contribution in [0.15, 0.2) is 0 Å². The average molecular weight is 284 g/mol. The Morgan fingerprint density at radius 1 is 1.12 bits per heavy atom. The number of rotatable bonds is 6. The van der Waals surface area contributed by atoms with Crippen LogP contribution in [-0.2, 0) is 23.7 Å². The molecule has 0 spiro atoms. The molecule has 0 amide bonds. The van der Waals surface area contributed by atoms with Gasteiger partial charge in [0.1, 0.15) is 0 Å². The number of aliphatic hydroxyl groups excluding tert-OH is 1. The molecule has 0 aromatic rings. The van der Waals surface area contributed by atoms with Crippen molar-refractivity contribution in [1.82, 2.24) is 0 Å². The second kappa shape index (κ2) is 7.15. The number of methoxy groups -OCH3 is 1. The fourth-order valence-electron chi connectivity index (χ4n) is 1.40. The molecule has 2 fully saturated rings. The van der Waals surface area contributed by atoms with Gasteiger partial charge < -0.3 is 28.8 Å². The maximum Gasteiger partial charge on any atom is 0.271 e. The molecule has 0 bridgehead atoms. The van der Waals surface area contributed by atoms with Crippen molar-refractivity contribution in [1.29, 1.82) is 0 Å². The fraction of sp³-hybridized carbons (Fsp3) is 1.00. The lowest BCUT2D eigenvalue weighted by Crippen LogP contribution is -2.16. The van der Waals surface area contributed by atoms with Gasteiger partial charge in [0, 0.05) is 18.6 Å². The van der Waals surface area contributed by atoms with E-state index in [1.54, 1.807) is 28.7 Å². The Morgan fingerprint density at radius 2 is 1.76 bits per heavy atom. The lowest BCUT2D eigenvalue weighted by molar-refractivity contribution is -0.221. The quantitative estimate of drug-likeness (QED) is 0.555. The summed E-state index contributed by atoms with van der Waals surface area (Å²) in [5, 5.41) is 8.97. The maximum absolute atomic E-state index is 8.97. The summed E-state index contributed by atoms with van der Waals surface area (Å²) in [6.07, 6.45) is 0.0405. The third-order valence-corrected chi connectivity index (χ3v) is 4.74. The smallest absolute Gasteiger partial charge is 0.271 e. The van der Waals surface area contributed by atoms with Gasteiger partial charge in [0.25, 0.3) is 13.0 Å². The van der Waals surface area contributed by atoms with Gasteiger partial charge in [0.05, 0.1) is 25.4 Å². The zero-order valence-corrected chi connectivity index (χ0v) is 11.1. The van der Waals surface area contributed by atoms with Crippen molar-refractivity contribution in [3.05, 3.63) is 0 Å². The van der Waals surface area contributed by atoms with E-state index in [1.165, 1.54) is 0 Å². The topological polar surface area (TPSA) is 66.4 Å². The van der Waals surface area contributed by atoms with Gasteiger partial charge in [0.15, 0.2) is 0 Å². The maximum atomic E-state index is 8.97. The van der Waals surface area contributed by atoms with E-state index < -0.39 is 13.0 Å². The van der Waals surface area contributed by atoms with Crippen LogP contribution in [0.1, 0.15) is 0 Å². The number of ether oxygens (including phenoxy) is 5. The van der Waals surface area contributed by atoms with E-state index in [4.69, 9.17) is 28.8 Å². The number of aliphatic hydroxyl groups is 1. The van der Waals surface area contributed by atoms with Gasteiger partial charge in [-0.1, -0.05) is 21.6 Å². The summed E-state index contributed by atoms with van der Waals surface area (Å²) in [5.74, 6) is 1.61. The lowest BCUT2D eigenvalue weighted by Gasteiger charge is -2.10. The zero-order chi connectivity index (χ0) is 12.1. The first-order valence-electron chi connectivity index (χ1n) is 5.27. The summed E-state index contributed by atoms with van der Waals surface area (Å²) in [5.41, 5.74) is 0. The fourth-order valence-corrected chi connectivity index (χ4v) is 3.73. The van der Waals surface area contributed by atoms with E-state index in [2.05, 4.69) is 0 Å². The second-order valence-electron chi connectivity index (χ2n) is 3.58. The van der Waals surface area contributed by atoms with Crippen LogP contribution in [0, 0.1) is 0 Å². The molecule has 2 rings (SSSR count). The molecule has 0 aromatic heterocycles. The van der Waals surface area contributed by atoms with E-state index in [-0.39, 0.29) is 12.2 Å². The van der Waals surface area contributed by atoms with Crippen molar-refractivity contribution in [3.63, 3.8) is 0 Å². The summed E-state index contributed by atoms with van der Waals surface area (Å²) >= 11 is 0. The highest BCUT2D eigenvalue weighted by atomic mass is 33.1. The molecule has 1 N–H and O–H groups in total. The first-order chi connectivity index (χ1) is 8.28. The SMILES string of the molecule is COC1OCC(CSSCC2COC(O)O2)O1. The van der Waals surface area contributed by atoms with E-state index in [9.17, 15) is 0 Å². The molecule has 8 heteroatoms. The van der Waals surface area contributed by atoms with E-state index in [0.29, 0.717) is 13.2 Å². The highest BCUT2D eigenvalue weighted by Gasteiger charge is 2.27. The van der Waals surface area contributed by atoms with Gasteiger partial charge in [-0.3, -0.25) is 0 Å². The van der Waals surface area contributed by atoms with Gasteiger partial charge in [0.2, 0.25) is 0 Å². The van der Waals surface area contributed by atoms with Crippen molar-refractivity contribution < 1.29 is 28.8 Å². The van der Waals surface area contributed by atoms with Crippen LogP contribution in [-0.4, -0.2) is 62.1 Å². The van der Waals surface area contributed by atoms with Crippen LogP contribution in [0.25, 0.3) is 0 Å². The third-order valence-electron chi connectivity index (χ3n) is 2.24. The van der Waals surface area contributed by atoms with Crippen LogP contribution in [0.2, 0.25) is 0 Å². The van der Waals surface area contributed by atoms with Crippen molar-refractivity contribution in [3.8, 4) is 0 Å². The molecule has 0 radical (unpaired) electrons. The Bertz CT molecular complexity index is 232. The Hall–Kier alpha value is 0.460. The van der Waals surface area contributed by atoms with Crippen LogP contribution in [0.4, 0.5) is 0 Å². The summed E-state index contributed by atoms with van der Waals surface area (Å²) in [6.45, 7) is -0.566. The van der Waals surface area contributed by atoms with Crippen LogP contribution >= 0.6 is 21.6 Å². The summed E-state index contributed by atoms with van der Waals surface area (Å²) in [6, 6.07) is 0. The molecular weight excluding hydrogens is 268 g/mol. The monoisotopic (exact) mass is 284 g/mol. The molecule has 0 aliphatic carbocycles. The van der Waals surface area contributed by atoms with Crippen LogP contribution < -0.4 is 0 Å². The second-order valence-corrected chi connectivity index (χ2v) is 6.14. The van der Waals surface area contributed by atoms with E-state index in [1.807, 2.05) is 0 Å². The van der Waals surface area contributed by atoms with Gasteiger partial charge in [-0.2, -0.15) is 0 Å². The Labute approximate surface area is 108 Å². The van der Waals surface area contributed by atoms with Crippen molar-refractivity contribution in [2.75, 3.05) is 31.8 Å². The normalized spacial score (nSPS) is 37.8. The highest BCUT2D eigenvalue weighted by Crippen LogP contribution is 2.28. The number of hydrogen-bond acceptors (Lipinski definition) is 8. The molecular formula is C9H16O6S2. The first kappa shape index (κ1) is 13.9. The van der Waals surface area contributed by atoms with Crippen molar-refractivity contribution in [2.45, 2.75) is 25.2 Å². The molecule has 2 aliphatic rings. The summed E-state index contributed by atoms with van der Waals surface area (Å²) in [4.78, 5) is 0. The molecule has 0 aromatic carbocycles. The van der Waals surface area contributed by atoms with Gasteiger partial charge >= 0.3 is 0 Å². The van der Waals surface area contributed by atoms with E-state index in [0.717, 1.165) is 11.5 Å². The molecule has 2 heterocycles. The molecule has 2 aliphatic heterocycles. The average Bonchev–Trinajstić information content (AvgIpc) is 2.93.